The first-order valence-electron chi connectivity index (χ1n) is 11.3. The molecule has 2 aromatic rings. The number of guanidine groups is 1. The molecule has 1 saturated heterocycles. The molecule has 2 aliphatic rings. The number of aliphatic imine (C=N–C) groups is 1. The predicted molar refractivity (Wildman–Crippen MR) is 123 cm³/mol. The molecule has 0 atom stereocenters. The van der Waals surface area contributed by atoms with Crippen LogP contribution < -0.4 is 10.6 Å². The summed E-state index contributed by atoms with van der Waals surface area (Å²) in [4.78, 5) is 7.27. The normalized spacial score (nSPS) is 18.6. The van der Waals surface area contributed by atoms with Crippen LogP contribution in [0.2, 0.25) is 0 Å². The van der Waals surface area contributed by atoms with Gasteiger partial charge in [0.25, 0.3) is 0 Å². The largest absolute Gasteiger partial charge is 0.379 e. The van der Waals surface area contributed by atoms with Gasteiger partial charge in [-0.05, 0) is 42.5 Å². The molecule has 31 heavy (non-hydrogen) atoms. The number of halogens is 1. The Bertz CT molecular complexity index is 891. The summed E-state index contributed by atoms with van der Waals surface area (Å²) in [5.41, 5.74) is 3.25. The highest BCUT2D eigenvalue weighted by molar-refractivity contribution is 5.80. The lowest BCUT2D eigenvalue weighted by Gasteiger charge is -2.27. The second-order valence-electron chi connectivity index (χ2n) is 8.47. The van der Waals surface area contributed by atoms with E-state index >= 15 is 0 Å². The molecule has 1 aliphatic carbocycles. The Morgan fingerprint density at radius 2 is 1.74 bits per heavy atom. The van der Waals surface area contributed by atoms with Crippen molar-refractivity contribution >= 4 is 5.96 Å². The highest BCUT2D eigenvalue weighted by Gasteiger charge is 2.45. The summed E-state index contributed by atoms with van der Waals surface area (Å²) in [6, 6.07) is 15.7. The van der Waals surface area contributed by atoms with Gasteiger partial charge in [0.1, 0.15) is 5.82 Å². The summed E-state index contributed by atoms with van der Waals surface area (Å²) in [5.74, 6) is 0.673. The van der Waals surface area contributed by atoms with Crippen molar-refractivity contribution < 1.29 is 9.13 Å². The summed E-state index contributed by atoms with van der Waals surface area (Å²) in [7, 11) is 0. The van der Waals surface area contributed by atoms with Gasteiger partial charge in [-0.1, -0.05) is 42.5 Å². The van der Waals surface area contributed by atoms with Crippen molar-refractivity contribution in [2.45, 2.75) is 38.3 Å². The van der Waals surface area contributed by atoms with Gasteiger partial charge in [0, 0.05) is 38.1 Å². The van der Waals surface area contributed by atoms with Crippen molar-refractivity contribution in [1.82, 2.24) is 15.5 Å². The van der Waals surface area contributed by atoms with E-state index in [4.69, 9.17) is 9.73 Å². The molecule has 0 amide bonds. The number of hydrogen-bond acceptors (Lipinski definition) is 3. The molecular formula is C25H33FN4O. The summed E-state index contributed by atoms with van der Waals surface area (Å²) in [6.45, 7) is 8.63. The Morgan fingerprint density at radius 1 is 1.03 bits per heavy atom. The Morgan fingerprint density at radius 3 is 2.45 bits per heavy atom. The van der Waals surface area contributed by atoms with E-state index in [1.165, 1.54) is 11.1 Å². The Kier molecular flexibility index (Phi) is 7.20. The first-order chi connectivity index (χ1) is 15.2. The zero-order valence-corrected chi connectivity index (χ0v) is 18.4. The molecule has 166 valence electrons. The minimum absolute atomic E-state index is 0.110. The quantitative estimate of drug-likeness (QED) is 0.504. The third-order valence-electron chi connectivity index (χ3n) is 6.26. The molecule has 0 aromatic heterocycles. The first kappa shape index (κ1) is 21.8. The van der Waals surface area contributed by atoms with Crippen LogP contribution in [0.4, 0.5) is 4.39 Å². The molecule has 0 bridgehead atoms. The van der Waals surface area contributed by atoms with Crippen LogP contribution in [0.3, 0.4) is 0 Å². The summed E-state index contributed by atoms with van der Waals surface area (Å²) >= 11 is 0. The monoisotopic (exact) mass is 424 g/mol. The average molecular weight is 425 g/mol. The fourth-order valence-corrected chi connectivity index (χ4v) is 4.21. The maximum Gasteiger partial charge on any atom is 0.191 e. The van der Waals surface area contributed by atoms with E-state index < -0.39 is 0 Å². The highest BCUT2D eigenvalue weighted by atomic mass is 19.1. The smallest absolute Gasteiger partial charge is 0.191 e. The number of morpholine rings is 1. The van der Waals surface area contributed by atoms with Crippen molar-refractivity contribution in [2.24, 2.45) is 4.99 Å². The van der Waals surface area contributed by atoms with Crippen LogP contribution in [0.15, 0.2) is 53.5 Å². The Balaban J connectivity index is 1.41. The van der Waals surface area contributed by atoms with Gasteiger partial charge in [-0.3, -0.25) is 4.90 Å². The second kappa shape index (κ2) is 10.2. The molecule has 2 aromatic carbocycles. The van der Waals surface area contributed by atoms with Crippen LogP contribution >= 0.6 is 0 Å². The fourth-order valence-electron chi connectivity index (χ4n) is 4.21. The van der Waals surface area contributed by atoms with Gasteiger partial charge in [-0.15, -0.1) is 0 Å². The summed E-state index contributed by atoms with van der Waals surface area (Å²) in [6.07, 6.45) is 2.01. The molecule has 2 N–H and O–H groups in total. The standard InChI is InChI=1S/C25H33FN4O/c1-2-27-24(29-19-25(11-12-25)22-9-5-6-10-23(22)26)28-17-20-7-3-4-8-21(20)18-30-13-15-31-16-14-30/h3-10H,2,11-19H2,1H3,(H2,27,28,29). The van der Waals surface area contributed by atoms with Gasteiger partial charge in [-0.2, -0.15) is 0 Å². The van der Waals surface area contributed by atoms with E-state index in [1.54, 1.807) is 12.1 Å². The van der Waals surface area contributed by atoms with E-state index in [1.807, 2.05) is 12.1 Å². The third-order valence-corrected chi connectivity index (χ3v) is 6.26. The van der Waals surface area contributed by atoms with Crippen LogP contribution in [-0.2, 0) is 23.2 Å². The third kappa shape index (κ3) is 5.63. The minimum atomic E-state index is -0.115. The van der Waals surface area contributed by atoms with Crippen molar-refractivity contribution in [2.75, 3.05) is 39.4 Å². The molecule has 0 radical (unpaired) electrons. The molecule has 1 saturated carbocycles. The number of hydrogen-bond donors (Lipinski definition) is 2. The molecule has 6 heteroatoms. The number of nitrogens with zero attached hydrogens (tertiary/aromatic N) is 2. The lowest BCUT2D eigenvalue weighted by Crippen LogP contribution is -2.41. The SMILES string of the molecule is CCNC(=NCc1ccccc1CN1CCOCC1)NCC1(c2ccccc2F)CC1. The van der Waals surface area contributed by atoms with Crippen molar-refractivity contribution in [3.8, 4) is 0 Å². The zero-order chi connectivity index (χ0) is 21.5. The van der Waals surface area contributed by atoms with Gasteiger partial charge in [0.15, 0.2) is 5.96 Å². The van der Waals surface area contributed by atoms with Crippen LogP contribution in [0.5, 0.6) is 0 Å². The summed E-state index contributed by atoms with van der Waals surface area (Å²) in [5, 5.41) is 6.80. The van der Waals surface area contributed by atoms with Gasteiger partial charge in [-0.25, -0.2) is 9.38 Å². The number of nitrogens with one attached hydrogen (secondary N) is 2. The van der Waals surface area contributed by atoms with E-state index in [0.29, 0.717) is 13.1 Å². The Hall–Kier alpha value is -2.44. The second-order valence-corrected chi connectivity index (χ2v) is 8.47. The van der Waals surface area contributed by atoms with Gasteiger partial charge < -0.3 is 15.4 Å². The van der Waals surface area contributed by atoms with Gasteiger partial charge in [0.2, 0.25) is 0 Å². The van der Waals surface area contributed by atoms with Gasteiger partial charge in [0.05, 0.1) is 19.8 Å². The molecule has 5 nitrogen and oxygen atoms in total. The van der Waals surface area contributed by atoms with E-state index in [-0.39, 0.29) is 11.2 Å². The molecule has 2 fully saturated rings. The Labute approximate surface area is 184 Å². The topological polar surface area (TPSA) is 48.9 Å². The molecule has 4 rings (SSSR count). The molecular weight excluding hydrogens is 391 g/mol. The van der Waals surface area contributed by atoms with Crippen LogP contribution in [-0.4, -0.2) is 50.3 Å². The molecule has 0 unspecified atom stereocenters. The lowest BCUT2D eigenvalue weighted by atomic mass is 9.95. The maximum absolute atomic E-state index is 14.3. The van der Waals surface area contributed by atoms with E-state index in [9.17, 15) is 4.39 Å². The molecule has 0 spiro atoms. The highest BCUT2D eigenvalue weighted by Crippen LogP contribution is 2.48. The van der Waals surface area contributed by atoms with Crippen molar-refractivity contribution in [3.63, 3.8) is 0 Å². The fraction of sp³-hybridized carbons (Fsp3) is 0.480. The number of ether oxygens (including phenoxy) is 1. The first-order valence-corrected chi connectivity index (χ1v) is 11.3. The van der Waals surface area contributed by atoms with Crippen LogP contribution in [0.25, 0.3) is 0 Å². The van der Waals surface area contributed by atoms with Crippen molar-refractivity contribution in [3.05, 3.63) is 71.0 Å². The van der Waals surface area contributed by atoms with E-state index in [0.717, 1.165) is 63.8 Å². The zero-order valence-electron chi connectivity index (χ0n) is 18.4. The van der Waals surface area contributed by atoms with Crippen molar-refractivity contribution in [1.29, 1.82) is 0 Å². The average Bonchev–Trinajstić information content (AvgIpc) is 3.58. The lowest BCUT2D eigenvalue weighted by molar-refractivity contribution is 0.0341. The maximum atomic E-state index is 14.3. The van der Waals surface area contributed by atoms with E-state index in [2.05, 4.69) is 46.7 Å². The van der Waals surface area contributed by atoms with Crippen LogP contribution in [0, 0.1) is 5.82 Å². The number of rotatable bonds is 8. The molecule has 1 heterocycles. The summed E-state index contributed by atoms with van der Waals surface area (Å²) < 4.78 is 19.8. The van der Waals surface area contributed by atoms with Crippen LogP contribution in [0.1, 0.15) is 36.5 Å². The molecule has 1 aliphatic heterocycles. The number of benzene rings is 2. The van der Waals surface area contributed by atoms with Gasteiger partial charge >= 0.3 is 0 Å². The minimum Gasteiger partial charge on any atom is -0.379 e. The predicted octanol–water partition coefficient (Wildman–Crippen LogP) is 3.44.